The maximum Gasteiger partial charge on any atom is 0.243 e. The van der Waals surface area contributed by atoms with E-state index < -0.39 is 4.92 Å². The van der Waals surface area contributed by atoms with Gasteiger partial charge in [0.25, 0.3) is 0 Å². The molecule has 0 fully saturated rings. The second-order valence-electron chi connectivity index (χ2n) is 2.26. The monoisotopic (exact) mass is 191 g/mol. The SMILES string of the molecule is CC/C(F)=C(P)\C=C(/C)[N+](=O)[O-]. The third-order valence-electron chi connectivity index (χ3n) is 1.28. The fraction of sp³-hybridized carbons (Fsp3) is 0.429. The predicted octanol–water partition coefficient (Wildman–Crippen LogP) is 2.63. The fourth-order valence-corrected chi connectivity index (χ4v) is 1.01. The third kappa shape index (κ3) is 3.58. The summed E-state index contributed by atoms with van der Waals surface area (Å²) >= 11 is 0. The van der Waals surface area contributed by atoms with E-state index in [-0.39, 0.29) is 23.3 Å². The highest BCUT2D eigenvalue weighted by molar-refractivity contribution is 7.23. The normalized spacial score (nSPS) is 14.2. The van der Waals surface area contributed by atoms with E-state index in [2.05, 4.69) is 9.24 Å². The zero-order valence-electron chi connectivity index (χ0n) is 7.00. The van der Waals surface area contributed by atoms with Gasteiger partial charge in [-0.2, -0.15) is 0 Å². The van der Waals surface area contributed by atoms with Gasteiger partial charge < -0.3 is 0 Å². The Kier molecular flexibility index (Phi) is 4.67. The summed E-state index contributed by atoms with van der Waals surface area (Å²) in [5.41, 5.74) is -0.0661. The Labute approximate surface area is 72.7 Å². The van der Waals surface area contributed by atoms with Crippen molar-refractivity contribution in [1.82, 2.24) is 0 Å². The molecule has 1 unspecified atom stereocenters. The second-order valence-corrected chi connectivity index (χ2v) is 2.88. The van der Waals surface area contributed by atoms with E-state index in [1.165, 1.54) is 13.0 Å². The molecule has 0 aliphatic carbocycles. The molecule has 0 saturated carbocycles. The summed E-state index contributed by atoms with van der Waals surface area (Å²) in [6, 6.07) is 0. The van der Waals surface area contributed by atoms with E-state index in [0.717, 1.165) is 0 Å². The zero-order chi connectivity index (χ0) is 9.72. The molecule has 0 heterocycles. The number of allylic oxidation sites excluding steroid dienone is 4. The maximum absolute atomic E-state index is 12.7. The van der Waals surface area contributed by atoms with Gasteiger partial charge in [-0.05, 0) is 6.42 Å². The van der Waals surface area contributed by atoms with E-state index in [1.807, 2.05) is 0 Å². The smallest absolute Gasteiger partial charge is 0.243 e. The molecule has 12 heavy (non-hydrogen) atoms. The molecule has 0 radical (unpaired) electrons. The molecule has 0 N–H and O–H groups in total. The van der Waals surface area contributed by atoms with Crippen molar-refractivity contribution in [2.24, 2.45) is 0 Å². The average molecular weight is 191 g/mol. The first kappa shape index (κ1) is 11.2. The quantitative estimate of drug-likeness (QED) is 0.298. The van der Waals surface area contributed by atoms with E-state index >= 15 is 0 Å². The topological polar surface area (TPSA) is 43.1 Å². The fourth-order valence-electron chi connectivity index (χ4n) is 0.560. The van der Waals surface area contributed by atoms with Gasteiger partial charge in [-0.3, -0.25) is 10.1 Å². The van der Waals surface area contributed by atoms with Crippen LogP contribution in [0, 0.1) is 10.1 Å². The summed E-state index contributed by atoms with van der Waals surface area (Å²) < 4.78 is 12.7. The van der Waals surface area contributed by atoms with Crippen LogP contribution >= 0.6 is 9.24 Å². The molecule has 68 valence electrons. The van der Waals surface area contributed by atoms with Crippen molar-refractivity contribution in [3.8, 4) is 0 Å². The van der Waals surface area contributed by atoms with Crippen LogP contribution in [0.1, 0.15) is 20.3 Å². The Hall–Kier alpha value is -0.760. The third-order valence-corrected chi connectivity index (χ3v) is 1.76. The van der Waals surface area contributed by atoms with E-state index in [4.69, 9.17) is 0 Å². The van der Waals surface area contributed by atoms with Crippen molar-refractivity contribution in [2.45, 2.75) is 20.3 Å². The maximum atomic E-state index is 12.7. The van der Waals surface area contributed by atoms with Gasteiger partial charge in [-0.1, -0.05) is 6.92 Å². The number of rotatable bonds is 3. The van der Waals surface area contributed by atoms with Crippen LogP contribution in [-0.2, 0) is 0 Å². The van der Waals surface area contributed by atoms with Crippen LogP contribution in [0.5, 0.6) is 0 Å². The summed E-state index contributed by atoms with van der Waals surface area (Å²) in [7, 11) is 2.13. The summed E-state index contributed by atoms with van der Waals surface area (Å²) in [6.45, 7) is 2.97. The highest BCUT2D eigenvalue weighted by Gasteiger charge is 2.03. The van der Waals surface area contributed by atoms with Crippen molar-refractivity contribution in [3.05, 3.63) is 33.0 Å². The van der Waals surface area contributed by atoms with Gasteiger partial charge in [0.05, 0.1) is 4.92 Å². The lowest BCUT2D eigenvalue weighted by Gasteiger charge is -1.94. The molecule has 0 bridgehead atoms. The Balaban J connectivity index is 4.64. The minimum Gasteiger partial charge on any atom is -0.259 e. The first-order valence-corrected chi connectivity index (χ1v) is 4.03. The van der Waals surface area contributed by atoms with Crippen molar-refractivity contribution in [2.75, 3.05) is 0 Å². The summed E-state index contributed by atoms with van der Waals surface area (Å²) in [4.78, 5) is 9.58. The average Bonchev–Trinajstić information content (AvgIpc) is 2.02. The number of nitrogens with zero attached hydrogens (tertiary/aromatic N) is 1. The van der Waals surface area contributed by atoms with Gasteiger partial charge in [0.1, 0.15) is 5.83 Å². The molecular weight excluding hydrogens is 180 g/mol. The van der Waals surface area contributed by atoms with Crippen molar-refractivity contribution in [3.63, 3.8) is 0 Å². The van der Waals surface area contributed by atoms with Crippen LogP contribution in [0.3, 0.4) is 0 Å². The molecule has 0 aliphatic rings. The lowest BCUT2D eigenvalue weighted by atomic mass is 10.3. The molecule has 0 saturated heterocycles. The molecule has 0 aromatic rings. The highest BCUT2D eigenvalue weighted by Crippen LogP contribution is 2.19. The summed E-state index contributed by atoms with van der Waals surface area (Å²) in [5, 5.41) is 10.4. The Bertz CT molecular complexity index is 248. The first-order chi connectivity index (χ1) is 5.49. The predicted molar refractivity (Wildman–Crippen MR) is 48.9 cm³/mol. The molecule has 0 aromatic carbocycles. The van der Waals surface area contributed by atoms with Crippen LogP contribution in [0.4, 0.5) is 4.39 Å². The Morgan fingerprint density at radius 2 is 2.25 bits per heavy atom. The zero-order valence-corrected chi connectivity index (χ0v) is 8.16. The summed E-state index contributed by atoms with van der Waals surface area (Å²) in [6.07, 6.45) is 1.45. The first-order valence-electron chi connectivity index (χ1n) is 3.45. The van der Waals surface area contributed by atoms with Gasteiger partial charge in [0.2, 0.25) is 5.70 Å². The molecule has 5 heteroatoms. The van der Waals surface area contributed by atoms with Crippen LogP contribution in [0.25, 0.3) is 0 Å². The largest absolute Gasteiger partial charge is 0.259 e. The summed E-state index contributed by atoms with van der Waals surface area (Å²) in [5.74, 6) is -0.346. The van der Waals surface area contributed by atoms with Crippen LogP contribution < -0.4 is 0 Å². The minimum atomic E-state index is -0.549. The van der Waals surface area contributed by atoms with E-state index in [9.17, 15) is 14.5 Å². The van der Waals surface area contributed by atoms with Crippen LogP contribution in [0.2, 0.25) is 0 Å². The van der Waals surface area contributed by atoms with Crippen molar-refractivity contribution < 1.29 is 9.31 Å². The second kappa shape index (κ2) is 4.99. The van der Waals surface area contributed by atoms with Gasteiger partial charge in [0.15, 0.2) is 0 Å². The molecule has 0 aliphatic heterocycles. The highest BCUT2D eigenvalue weighted by atomic mass is 31.0. The molecule has 0 aromatic heterocycles. The number of hydrogen-bond donors (Lipinski definition) is 0. The molecule has 0 amide bonds. The lowest BCUT2D eigenvalue weighted by Crippen LogP contribution is -1.93. The Morgan fingerprint density at radius 3 is 2.58 bits per heavy atom. The van der Waals surface area contributed by atoms with Gasteiger partial charge in [-0.25, -0.2) is 4.39 Å². The number of nitro groups is 1. The molecule has 3 nitrogen and oxygen atoms in total. The van der Waals surface area contributed by atoms with E-state index in [1.54, 1.807) is 6.92 Å². The Morgan fingerprint density at radius 1 is 1.75 bits per heavy atom. The minimum absolute atomic E-state index is 0.0661. The number of halogens is 1. The molecule has 0 spiro atoms. The lowest BCUT2D eigenvalue weighted by molar-refractivity contribution is -0.424. The van der Waals surface area contributed by atoms with Gasteiger partial charge in [0, 0.05) is 18.3 Å². The van der Waals surface area contributed by atoms with Crippen LogP contribution in [0.15, 0.2) is 22.9 Å². The van der Waals surface area contributed by atoms with Crippen LogP contribution in [-0.4, -0.2) is 4.92 Å². The molecular formula is C7H11FNO2P. The van der Waals surface area contributed by atoms with E-state index in [0.29, 0.717) is 0 Å². The standard InChI is InChI=1S/C7H11FNO2P/c1-3-6(8)7(12)4-5(2)9(10)11/h4H,3,12H2,1-2H3/b5-4+,7-6-. The van der Waals surface area contributed by atoms with Gasteiger partial charge >= 0.3 is 0 Å². The number of hydrogen-bond acceptors (Lipinski definition) is 2. The molecule has 1 atom stereocenters. The van der Waals surface area contributed by atoms with Crippen molar-refractivity contribution in [1.29, 1.82) is 0 Å². The van der Waals surface area contributed by atoms with Gasteiger partial charge in [-0.15, -0.1) is 9.24 Å². The molecule has 0 rings (SSSR count). The van der Waals surface area contributed by atoms with Crippen molar-refractivity contribution >= 4 is 9.24 Å².